The second-order valence-electron chi connectivity index (χ2n) is 4.31. The van der Waals surface area contributed by atoms with Crippen LogP contribution in [0.4, 0.5) is 18.9 Å². The first-order valence-corrected chi connectivity index (χ1v) is 7.36. The number of nitrogens with zero attached hydrogens (tertiary/aromatic N) is 1. The van der Waals surface area contributed by atoms with Gasteiger partial charge in [0, 0.05) is 6.07 Å². The molecule has 3 aromatic rings. The van der Waals surface area contributed by atoms with Gasteiger partial charge < -0.3 is 4.42 Å². The minimum atomic E-state index is -4.20. The topological polar surface area (TPSA) is 72.2 Å². The molecule has 3 rings (SSSR count). The maximum atomic E-state index is 13.5. The number of aromatic nitrogens is 1. The number of nitrogens with one attached hydrogen (secondary N) is 1. The molecule has 0 fully saturated rings. The standard InChI is InChI=1S/C13H7F3N2O3S/c14-8-2-4-10(13(16)12(8)15)18-22(19,20)7-1-3-9-11(5-7)21-6-17-9/h1-6,18H. The number of rotatable bonds is 3. The number of oxazole rings is 1. The predicted octanol–water partition coefficient (Wildman–Crippen LogP) is 3.05. The lowest BCUT2D eigenvalue weighted by Crippen LogP contribution is -2.14. The minimum absolute atomic E-state index is 0.216. The summed E-state index contributed by atoms with van der Waals surface area (Å²) in [6.45, 7) is 0. The normalized spacial score (nSPS) is 11.8. The Hall–Kier alpha value is -2.55. The first-order chi connectivity index (χ1) is 10.4. The van der Waals surface area contributed by atoms with Crippen LogP contribution in [0.5, 0.6) is 0 Å². The fourth-order valence-electron chi connectivity index (χ4n) is 1.81. The molecule has 1 N–H and O–H groups in total. The van der Waals surface area contributed by atoms with E-state index in [0.29, 0.717) is 11.6 Å². The molecule has 0 unspecified atom stereocenters. The highest BCUT2D eigenvalue weighted by molar-refractivity contribution is 7.92. The molecule has 9 heteroatoms. The molecule has 0 amide bonds. The van der Waals surface area contributed by atoms with Crippen molar-refractivity contribution in [3.8, 4) is 0 Å². The van der Waals surface area contributed by atoms with Crippen LogP contribution >= 0.6 is 0 Å². The van der Waals surface area contributed by atoms with Crippen molar-refractivity contribution >= 4 is 26.8 Å². The summed E-state index contributed by atoms with van der Waals surface area (Å²) >= 11 is 0. The number of hydrogen-bond acceptors (Lipinski definition) is 4. The summed E-state index contributed by atoms with van der Waals surface area (Å²) in [4.78, 5) is 3.59. The van der Waals surface area contributed by atoms with Crippen molar-refractivity contribution in [2.45, 2.75) is 4.90 Å². The first kappa shape index (κ1) is 14.4. The maximum Gasteiger partial charge on any atom is 0.262 e. The second-order valence-corrected chi connectivity index (χ2v) is 5.99. The Bertz CT molecular complexity index is 970. The quantitative estimate of drug-likeness (QED) is 0.750. The van der Waals surface area contributed by atoms with E-state index in [9.17, 15) is 21.6 Å². The molecule has 1 aromatic heterocycles. The number of benzene rings is 2. The van der Waals surface area contributed by atoms with Crippen molar-refractivity contribution in [3.05, 3.63) is 54.2 Å². The van der Waals surface area contributed by atoms with Crippen molar-refractivity contribution in [1.82, 2.24) is 4.98 Å². The third-order valence-electron chi connectivity index (χ3n) is 2.89. The second kappa shape index (κ2) is 5.02. The Morgan fingerprint density at radius 3 is 2.59 bits per heavy atom. The Morgan fingerprint density at radius 2 is 1.82 bits per heavy atom. The van der Waals surface area contributed by atoms with Gasteiger partial charge >= 0.3 is 0 Å². The van der Waals surface area contributed by atoms with E-state index in [2.05, 4.69) is 4.98 Å². The minimum Gasteiger partial charge on any atom is -0.443 e. The lowest BCUT2D eigenvalue weighted by Gasteiger charge is -2.09. The van der Waals surface area contributed by atoms with Crippen molar-refractivity contribution in [2.75, 3.05) is 4.72 Å². The van der Waals surface area contributed by atoms with Crippen molar-refractivity contribution in [3.63, 3.8) is 0 Å². The predicted molar refractivity (Wildman–Crippen MR) is 71.1 cm³/mol. The van der Waals surface area contributed by atoms with E-state index >= 15 is 0 Å². The summed E-state index contributed by atoms with van der Waals surface area (Å²) in [5, 5.41) is 0. The number of fused-ring (bicyclic) bond motifs is 1. The average molecular weight is 328 g/mol. The molecule has 2 aromatic carbocycles. The van der Waals surface area contributed by atoms with Crippen molar-refractivity contribution in [1.29, 1.82) is 0 Å². The molecule has 0 aliphatic carbocycles. The molecule has 5 nitrogen and oxygen atoms in total. The number of halogens is 3. The van der Waals surface area contributed by atoms with Gasteiger partial charge in [-0.15, -0.1) is 0 Å². The van der Waals surface area contributed by atoms with Gasteiger partial charge in [-0.3, -0.25) is 4.72 Å². The van der Waals surface area contributed by atoms with Crippen molar-refractivity contribution in [2.24, 2.45) is 0 Å². The van der Waals surface area contributed by atoms with Gasteiger partial charge in [0.2, 0.25) is 0 Å². The Balaban J connectivity index is 2.01. The highest BCUT2D eigenvalue weighted by Gasteiger charge is 2.20. The number of hydrogen-bond donors (Lipinski definition) is 1. The number of sulfonamides is 1. The van der Waals surface area contributed by atoms with Crippen LogP contribution in [0.3, 0.4) is 0 Å². The lowest BCUT2D eigenvalue weighted by atomic mass is 10.3. The summed E-state index contributed by atoms with van der Waals surface area (Å²) in [5.74, 6) is -4.79. The molecule has 0 aliphatic rings. The zero-order valence-corrected chi connectivity index (χ0v) is 11.5. The van der Waals surface area contributed by atoms with Gasteiger partial charge in [0.1, 0.15) is 5.52 Å². The zero-order valence-electron chi connectivity index (χ0n) is 10.7. The van der Waals surface area contributed by atoms with Crippen LogP contribution in [0.1, 0.15) is 0 Å². The van der Waals surface area contributed by atoms with E-state index in [4.69, 9.17) is 4.42 Å². The van der Waals surface area contributed by atoms with Crippen LogP contribution < -0.4 is 4.72 Å². The maximum absolute atomic E-state index is 13.5. The first-order valence-electron chi connectivity index (χ1n) is 5.88. The summed E-state index contributed by atoms with van der Waals surface area (Å²) < 4.78 is 70.7. The monoisotopic (exact) mass is 328 g/mol. The summed E-state index contributed by atoms with van der Waals surface area (Å²) in [6.07, 6.45) is 1.14. The molecule has 0 saturated heterocycles. The third-order valence-corrected chi connectivity index (χ3v) is 4.26. The summed E-state index contributed by atoms with van der Waals surface area (Å²) in [6, 6.07) is 5.22. The molecule has 0 bridgehead atoms. The largest absolute Gasteiger partial charge is 0.443 e. The van der Waals surface area contributed by atoms with Gasteiger partial charge in [0.15, 0.2) is 29.4 Å². The molecule has 0 spiro atoms. The van der Waals surface area contributed by atoms with Crippen LogP contribution in [0, 0.1) is 17.5 Å². The van der Waals surface area contributed by atoms with Crippen LogP contribution in [-0.4, -0.2) is 13.4 Å². The van der Waals surface area contributed by atoms with E-state index in [1.165, 1.54) is 18.2 Å². The van der Waals surface area contributed by atoms with Crippen LogP contribution in [-0.2, 0) is 10.0 Å². The van der Waals surface area contributed by atoms with Gasteiger partial charge in [0.05, 0.1) is 10.6 Å². The molecule has 0 saturated carbocycles. The van der Waals surface area contributed by atoms with E-state index < -0.39 is 33.2 Å². The zero-order chi connectivity index (χ0) is 15.9. The van der Waals surface area contributed by atoms with E-state index in [-0.39, 0.29) is 10.5 Å². The van der Waals surface area contributed by atoms with Gasteiger partial charge in [-0.25, -0.2) is 26.6 Å². The van der Waals surface area contributed by atoms with E-state index in [0.717, 1.165) is 12.5 Å². The SMILES string of the molecule is O=S(=O)(Nc1ccc(F)c(F)c1F)c1ccc2ncoc2c1. The summed E-state index contributed by atoms with van der Waals surface area (Å²) in [5.41, 5.74) is -0.0387. The fourth-order valence-corrected chi connectivity index (χ4v) is 2.89. The van der Waals surface area contributed by atoms with Gasteiger partial charge in [-0.05, 0) is 24.3 Å². The van der Waals surface area contributed by atoms with E-state index in [1.54, 1.807) is 0 Å². The Morgan fingerprint density at radius 1 is 1.05 bits per heavy atom. The van der Waals surface area contributed by atoms with Crippen molar-refractivity contribution < 1.29 is 26.0 Å². The molecule has 1 heterocycles. The molecule has 0 radical (unpaired) electrons. The highest BCUT2D eigenvalue weighted by atomic mass is 32.2. The highest BCUT2D eigenvalue weighted by Crippen LogP contribution is 2.24. The Labute approximate surface area is 122 Å². The fraction of sp³-hybridized carbons (Fsp3) is 0. The van der Waals surface area contributed by atoms with Gasteiger partial charge in [0.25, 0.3) is 10.0 Å². The summed E-state index contributed by atoms with van der Waals surface area (Å²) in [7, 11) is -4.20. The number of anilines is 1. The smallest absolute Gasteiger partial charge is 0.262 e. The lowest BCUT2D eigenvalue weighted by molar-refractivity contribution is 0.449. The van der Waals surface area contributed by atoms with Crippen LogP contribution in [0.2, 0.25) is 0 Å². The molecule has 22 heavy (non-hydrogen) atoms. The van der Waals surface area contributed by atoms with E-state index in [1.807, 2.05) is 4.72 Å². The third kappa shape index (κ3) is 2.39. The van der Waals surface area contributed by atoms with Gasteiger partial charge in [-0.1, -0.05) is 0 Å². The van der Waals surface area contributed by atoms with Gasteiger partial charge in [-0.2, -0.15) is 0 Å². The molecule has 114 valence electrons. The average Bonchev–Trinajstić information content (AvgIpc) is 2.95. The Kier molecular flexibility index (Phi) is 3.28. The molecular formula is C13H7F3N2O3S. The molecular weight excluding hydrogens is 321 g/mol. The molecule has 0 aliphatic heterocycles. The van der Waals surface area contributed by atoms with Crippen LogP contribution in [0.15, 0.2) is 46.0 Å². The van der Waals surface area contributed by atoms with Crippen LogP contribution in [0.25, 0.3) is 11.1 Å². The molecule has 0 atom stereocenters.